The van der Waals surface area contributed by atoms with Gasteiger partial charge in [0.2, 0.25) is 18.2 Å². The predicted octanol–water partition coefficient (Wildman–Crippen LogP) is 3.48. The number of methoxy groups -OCH3 is 1. The van der Waals surface area contributed by atoms with Gasteiger partial charge >= 0.3 is 23.9 Å². The average molecular weight is 595 g/mol. The lowest BCUT2D eigenvalue weighted by molar-refractivity contribution is -0.288. The van der Waals surface area contributed by atoms with Gasteiger partial charge in [0.1, 0.15) is 29.1 Å². The maximum absolute atomic E-state index is 13.2. The first kappa shape index (κ1) is 33.2. The highest BCUT2D eigenvalue weighted by atomic mass is 32.1. The van der Waals surface area contributed by atoms with Crippen molar-refractivity contribution < 1.29 is 57.1 Å². The van der Waals surface area contributed by atoms with Crippen molar-refractivity contribution in [2.75, 3.05) is 13.7 Å². The second-order valence-electron chi connectivity index (χ2n) is 8.36. The molecule has 0 spiro atoms. The predicted molar refractivity (Wildman–Crippen MR) is 145 cm³/mol. The van der Waals surface area contributed by atoms with Crippen LogP contribution in [0.4, 0.5) is 0 Å². The standard InChI is InChI=1S/C26H28O12S.C2H6/c1-13(27)33-12-20-22(34-14(2)28)23(35-15(3)29)24(36-16(4)30)26(38-20)37-19-10-11-39-25(19)21(31)17-6-8-18(32-5)9-7-17;1-2/h6-11,20,22-24,26H,12H2,1-5H3;1-2H3. The fourth-order valence-corrected chi connectivity index (χ4v) is 4.62. The van der Waals surface area contributed by atoms with Crippen molar-refractivity contribution in [1.82, 2.24) is 0 Å². The van der Waals surface area contributed by atoms with Gasteiger partial charge in [0.15, 0.2) is 12.2 Å². The number of rotatable bonds is 10. The molecule has 5 atom stereocenters. The normalized spacial score (nSPS) is 21.3. The van der Waals surface area contributed by atoms with Gasteiger partial charge in [-0.05, 0) is 35.7 Å². The van der Waals surface area contributed by atoms with Crippen molar-refractivity contribution >= 4 is 41.0 Å². The SMILES string of the molecule is CC.COc1ccc(C(=O)c2sccc2OC2OC(COC(C)=O)C(OC(C)=O)C(OC(C)=O)C2OC(C)=O)cc1. The fourth-order valence-electron chi connectivity index (χ4n) is 3.84. The van der Waals surface area contributed by atoms with E-state index in [0.29, 0.717) is 11.3 Å². The van der Waals surface area contributed by atoms with Crippen molar-refractivity contribution in [3.05, 3.63) is 46.2 Å². The topological polar surface area (TPSA) is 150 Å². The van der Waals surface area contributed by atoms with Crippen LogP contribution in [0.15, 0.2) is 35.7 Å². The number of ether oxygens (including phenoxy) is 7. The first-order valence-corrected chi connectivity index (χ1v) is 13.6. The van der Waals surface area contributed by atoms with Gasteiger partial charge < -0.3 is 33.2 Å². The van der Waals surface area contributed by atoms with Gasteiger partial charge in [-0.15, -0.1) is 11.3 Å². The van der Waals surface area contributed by atoms with E-state index < -0.39 is 61.2 Å². The van der Waals surface area contributed by atoms with Crippen molar-refractivity contribution in [3.63, 3.8) is 0 Å². The van der Waals surface area contributed by atoms with Gasteiger partial charge in [-0.25, -0.2) is 0 Å². The molecule has 1 aromatic heterocycles. The van der Waals surface area contributed by atoms with Crippen molar-refractivity contribution in [2.45, 2.75) is 72.2 Å². The van der Waals surface area contributed by atoms with Crippen molar-refractivity contribution in [2.24, 2.45) is 0 Å². The Morgan fingerprint density at radius 2 is 1.34 bits per heavy atom. The molecule has 3 rings (SSSR count). The number of hydrogen-bond acceptors (Lipinski definition) is 13. The molecule has 0 amide bonds. The summed E-state index contributed by atoms with van der Waals surface area (Å²) >= 11 is 1.11. The summed E-state index contributed by atoms with van der Waals surface area (Å²) in [5, 5.41) is 1.62. The molecule has 0 saturated carbocycles. The maximum Gasteiger partial charge on any atom is 0.303 e. The molecule has 1 fully saturated rings. The molecule has 1 saturated heterocycles. The Balaban J connectivity index is 0.00000287. The summed E-state index contributed by atoms with van der Waals surface area (Å²) < 4.78 is 38.3. The van der Waals surface area contributed by atoms with Gasteiger partial charge in [0.25, 0.3) is 0 Å². The lowest BCUT2D eigenvalue weighted by atomic mass is 9.98. The number of carbonyl (C=O) groups excluding carboxylic acids is 5. The van der Waals surface area contributed by atoms with E-state index in [1.807, 2.05) is 13.8 Å². The smallest absolute Gasteiger partial charge is 0.303 e. The molecule has 0 N–H and O–H groups in total. The molecule has 5 unspecified atom stereocenters. The van der Waals surface area contributed by atoms with Crippen LogP contribution in [-0.4, -0.2) is 74.1 Å². The Morgan fingerprint density at radius 1 is 0.780 bits per heavy atom. The largest absolute Gasteiger partial charge is 0.497 e. The zero-order valence-electron chi connectivity index (χ0n) is 23.9. The van der Waals surface area contributed by atoms with E-state index in [0.717, 1.165) is 32.1 Å². The highest BCUT2D eigenvalue weighted by molar-refractivity contribution is 7.12. The number of carbonyl (C=O) groups is 5. The summed E-state index contributed by atoms with van der Waals surface area (Å²) in [6, 6.07) is 8.00. The highest BCUT2D eigenvalue weighted by Crippen LogP contribution is 2.34. The van der Waals surface area contributed by atoms with E-state index in [2.05, 4.69) is 0 Å². The van der Waals surface area contributed by atoms with Crippen LogP contribution in [0.5, 0.6) is 11.5 Å². The Morgan fingerprint density at radius 3 is 1.88 bits per heavy atom. The highest BCUT2D eigenvalue weighted by Gasteiger charge is 2.53. The van der Waals surface area contributed by atoms with Gasteiger partial charge in [0.05, 0.1) is 7.11 Å². The molecule has 13 heteroatoms. The van der Waals surface area contributed by atoms with E-state index in [9.17, 15) is 24.0 Å². The number of ketones is 1. The molecule has 0 bridgehead atoms. The maximum atomic E-state index is 13.2. The lowest BCUT2D eigenvalue weighted by Crippen LogP contribution is -2.63. The van der Waals surface area contributed by atoms with Gasteiger partial charge in [0, 0.05) is 33.3 Å². The van der Waals surface area contributed by atoms with Crippen LogP contribution < -0.4 is 9.47 Å². The van der Waals surface area contributed by atoms with Gasteiger partial charge in [-0.3, -0.25) is 24.0 Å². The van der Waals surface area contributed by atoms with Crippen LogP contribution in [-0.2, 0) is 42.9 Å². The van der Waals surface area contributed by atoms with Crippen LogP contribution in [0.25, 0.3) is 0 Å². The summed E-state index contributed by atoms with van der Waals surface area (Å²) in [5.41, 5.74) is 0.365. The molecule has 1 aliphatic heterocycles. The van der Waals surface area contributed by atoms with Crippen molar-refractivity contribution in [1.29, 1.82) is 0 Å². The first-order valence-electron chi connectivity index (χ1n) is 12.7. The summed E-state index contributed by atoms with van der Waals surface area (Å²) in [6.07, 6.45) is -6.78. The number of thiophene rings is 1. The third kappa shape index (κ3) is 9.29. The van der Waals surface area contributed by atoms with Crippen LogP contribution in [0, 0.1) is 0 Å². The zero-order chi connectivity index (χ0) is 30.7. The van der Waals surface area contributed by atoms with Crippen LogP contribution >= 0.6 is 11.3 Å². The molecule has 2 heterocycles. The lowest BCUT2D eigenvalue weighted by Gasteiger charge is -2.43. The molecule has 1 aliphatic rings. The van der Waals surface area contributed by atoms with E-state index in [1.165, 1.54) is 20.1 Å². The third-order valence-corrected chi connectivity index (χ3v) is 6.27. The molecule has 1 aromatic carbocycles. The summed E-state index contributed by atoms with van der Waals surface area (Å²) in [5.74, 6) is -2.61. The molecule has 224 valence electrons. The Hall–Kier alpha value is -3.97. The molecule has 41 heavy (non-hydrogen) atoms. The van der Waals surface area contributed by atoms with Crippen LogP contribution in [0.2, 0.25) is 0 Å². The third-order valence-electron chi connectivity index (χ3n) is 5.38. The second kappa shape index (κ2) is 15.7. The summed E-state index contributed by atoms with van der Waals surface area (Å²) in [7, 11) is 1.51. The zero-order valence-corrected chi connectivity index (χ0v) is 24.7. The second-order valence-corrected chi connectivity index (χ2v) is 9.27. The quantitative estimate of drug-likeness (QED) is 0.225. The molecule has 2 aromatic rings. The van der Waals surface area contributed by atoms with E-state index in [4.69, 9.17) is 33.2 Å². The molecule has 0 aliphatic carbocycles. The minimum absolute atomic E-state index is 0.0988. The van der Waals surface area contributed by atoms with Crippen LogP contribution in [0.3, 0.4) is 0 Å². The fraction of sp³-hybridized carbons (Fsp3) is 0.464. The minimum atomic E-state index is -1.46. The molecule has 0 radical (unpaired) electrons. The van der Waals surface area contributed by atoms with Gasteiger partial charge in [-0.1, -0.05) is 13.8 Å². The molecular formula is C28H34O12S. The number of esters is 4. The van der Waals surface area contributed by atoms with E-state index in [-0.39, 0.29) is 16.4 Å². The minimum Gasteiger partial charge on any atom is -0.497 e. The van der Waals surface area contributed by atoms with Gasteiger partial charge in [-0.2, -0.15) is 0 Å². The van der Waals surface area contributed by atoms with Crippen LogP contribution in [0.1, 0.15) is 56.8 Å². The first-order chi connectivity index (χ1) is 19.5. The number of hydrogen-bond donors (Lipinski definition) is 0. The average Bonchev–Trinajstić information content (AvgIpc) is 3.39. The van der Waals surface area contributed by atoms with E-state index in [1.54, 1.807) is 29.6 Å². The monoisotopic (exact) mass is 594 g/mol. The van der Waals surface area contributed by atoms with E-state index >= 15 is 0 Å². The summed E-state index contributed by atoms with van der Waals surface area (Å²) in [6.45, 7) is 8.13. The summed E-state index contributed by atoms with van der Waals surface area (Å²) in [4.78, 5) is 60.8. The molecular weight excluding hydrogens is 560 g/mol. The van der Waals surface area contributed by atoms with Crippen molar-refractivity contribution in [3.8, 4) is 11.5 Å². The molecule has 12 nitrogen and oxygen atoms in total. The Kier molecular flexibility index (Phi) is 12.7. The number of benzene rings is 1. The Labute approximate surface area is 241 Å². The Bertz CT molecular complexity index is 1200.